The maximum atomic E-state index is 11.7. The molecule has 146 valence electrons. The van der Waals surface area contributed by atoms with E-state index in [1.807, 2.05) is 13.0 Å². The molecule has 1 aromatic carbocycles. The van der Waals surface area contributed by atoms with E-state index in [9.17, 15) is 4.79 Å². The molecule has 0 saturated heterocycles. The number of carbonyl (C=O) groups excluding carboxylic acids is 1. The van der Waals surface area contributed by atoms with E-state index in [1.54, 1.807) is 11.3 Å². The lowest BCUT2D eigenvalue weighted by Crippen LogP contribution is -2.28. The fraction of sp³-hybridized carbons (Fsp3) is 0.348. The maximum Gasteiger partial charge on any atom is 0.250 e. The summed E-state index contributed by atoms with van der Waals surface area (Å²) in [6, 6.07) is 14.7. The zero-order valence-electron chi connectivity index (χ0n) is 16.3. The number of amides is 1. The standard InChI is InChI=1S/C23H27N3OS/c1-16-20(23(24)27)13-21(25-16)19-10-4-5-11-22(19)26(14-17-7-2-3-8-17)15-18-9-6-12-28-18/h4-6,9-13,17,25H,2-3,7-8,14-15H2,1H3,(H2,24,27). The van der Waals surface area contributed by atoms with Gasteiger partial charge in [-0.2, -0.15) is 0 Å². The van der Waals surface area contributed by atoms with Crippen LogP contribution in [0.25, 0.3) is 11.3 Å². The van der Waals surface area contributed by atoms with Crippen molar-refractivity contribution in [3.05, 3.63) is 64.0 Å². The number of nitrogens with zero attached hydrogens (tertiary/aromatic N) is 1. The lowest BCUT2D eigenvalue weighted by atomic mass is 10.0. The van der Waals surface area contributed by atoms with Crippen LogP contribution >= 0.6 is 11.3 Å². The number of hydrogen-bond donors (Lipinski definition) is 2. The van der Waals surface area contributed by atoms with E-state index in [2.05, 4.69) is 51.7 Å². The van der Waals surface area contributed by atoms with Gasteiger partial charge in [0.2, 0.25) is 0 Å². The van der Waals surface area contributed by atoms with Gasteiger partial charge in [-0.1, -0.05) is 37.1 Å². The summed E-state index contributed by atoms with van der Waals surface area (Å²) in [7, 11) is 0. The summed E-state index contributed by atoms with van der Waals surface area (Å²) in [5.74, 6) is 0.360. The Morgan fingerprint density at radius 2 is 2.00 bits per heavy atom. The number of aromatic amines is 1. The highest BCUT2D eigenvalue weighted by molar-refractivity contribution is 7.09. The first-order chi connectivity index (χ1) is 13.6. The lowest BCUT2D eigenvalue weighted by Gasteiger charge is -2.29. The summed E-state index contributed by atoms with van der Waals surface area (Å²) in [6.07, 6.45) is 5.32. The van der Waals surface area contributed by atoms with Crippen LogP contribution in [0, 0.1) is 12.8 Å². The molecule has 2 aromatic heterocycles. The second-order valence-corrected chi connectivity index (χ2v) is 8.75. The molecule has 0 unspecified atom stereocenters. The summed E-state index contributed by atoms with van der Waals surface area (Å²) in [5.41, 5.74) is 10.2. The third-order valence-corrected chi connectivity index (χ3v) is 6.56. The van der Waals surface area contributed by atoms with Crippen LogP contribution in [0.4, 0.5) is 5.69 Å². The predicted octanol–water partition coefficient (Wildman–Crippen LogP) is 5.35. The Morgan fingerprint density at radius 1 is 1.21 bits per heavy atom. The number of rotatable bonds is 7. The Labute approximate surface area is 170 Å². The van der Waals surface area contributed by atoms with Gasteiger partial charge in [-0.05, 0) is 49.3 Å². The number of para-hydroxylation sites is 1. The first kappa shape index (κ1) is 18.8. The molecule has 3 aromatic rings. The maximum absolute atomic E-state index is 11.7. The van der Waals surface area contributed by atoms with Crippen LogP contribution in [-0.2, 0) is 6.54 Å². The Balaban J connectivity index is 1.71. The van der Waals surface area contributed by atoms with E-state index < -0.39 is 0 Å². The number of hydrogen-bond acceptors (Lipinski definition) is 3. The first-order valence-corrected chi connectivity index (χ1v) is 10.9. The molecular weight excluding hydrogens is 366 g/mol. The van der Waals surface area contributed by atoms with E-state index in [0.29, 0.717) is 5.56 Å². The van der Waals surface area contributed by atoms with Gasteiger partial charge in [-0.3, -0.25) is 4.79 Å². The number of primary amides is 1. The molecule has 28 heavy (non-hydrogen) atoms. The minimum absolute atomic E-state index is 0.390. The van der Waals surface area contributed by atoms with Crippen LogP contribution in [-0.4, -0.2) is 17.4 Å². The molecule has 0 aliphatic heterocycles. The minimum atomic E-state index is -0.390. The topological polar surface area (TPSA) is 62.1 Å². The van der Waals surface area contributed by atoms with Crippen molar-refractivity contribution in [1.29, 1.82) is 0 Å². The monoisotopic (exact) mass is 393 g/mol. The molecule has 1 fully saturated rings. The zero-order chi connectivity index (χ0) is 19.5. The van der Waals surface area contributed by atoms with Crippen LogP contribution in [0.15, 0.2) is 47.8 Å². The summed E-state index contributed by atoms with van der Waals surface area (Å²) < 4.78 is 0. The highest BCUT2D eigenvalue weighted by Gasteiger charge is 2.22. The minimum Gasteiger partial charge on any atom is -0.366 e. The number of aryl methyl sites for hydroxylation is 1. The highest BCUT2D eigenvalue weighted by Crippen LogP contribution is 2.35. The quantitative estimate of drug-likeness (QED) is 0.568. The molecule has 1 amide bonds. The number of nitrogens with two attached hydrogens (primary N) is 1. The van der Waals surface area contributed by atoms with Crippen molar-refractivity contribution >= 4 is 22.9 Å². The fourth-order valence-corrected chi connectivity index (χ4v) is 5.00. The van der Waals surface area contributed by atoms with Crippen molar-refractivity contribution < 1.29 is 4.79 Å². The second kappa shape index (κ2) is 8.23. The molecule has 1 saturated carbocycles. The van der Waals surface area contributed by atoms with Gasteiger partial charge in [0.15, 0.2) is 0 Å². The highest BCUT2D eigenvalue weighted by atomic mass is 32.1. The largest absolute Gasteiger partial charge is 0.366 e. The van der Waals surface area contributed by atoms with E-state index >= 15 is 0 Å². The van der Waals surface area contributed by atoms with Gasteiger partial charge < -0.3 is 15.6 Å². The number of thiophene rings is 1. The molecule has 1 aliphatic carbocycles. The summed E-state index contributed by atoms with van der Waals surface area (Å²) in [5, 5.41) is 2.14. The van der Waals surface area contributed by atoms with E-state index in [-0.39, 0.29) is 5.91 Å². The van der Waals surface area contributed by atoms with Gasteiger partial charge >= 0.3 is 0 Å². The zero-order valence-corrected chi connectivity index (χ0v) is 17.1. The van der Waals surface area contributed by atoms with Crippen LogP contribution in [0.2, 0.25) is 0 Å². The fourth-order valence-electron chi connectivity index (χ4n) is 4.28. The molecule has 0 radical (unpaired) electrons. The summed E-state index contributed by atoms with van der Waals surface area (Å²) in [4.78, 5) is 19.0. The lowest BCUT2D eigenvalue weighted by molar-refractivity contribution is 0.1000. The molecule has 4 nitrogen and oxygen atoms in total. The molecule has 4 rings (SSSR count). The Hall–Kier alpha value is -2.53. The van der Waals surface area contributed by atoms with Crippen LogP contribution in [0.1, 0.15) is 46.6 Å². The summed E-state index contributed by atoms with van der Waals surface area (Å²) >= 11 is 1.81. The van der Waals surface area contributed by atoms with E-state index in [1.165, 1.54) is 36.2 Å². The van der Waals surface area contributed by atoms with Gasteiger partial charge in [0.05, 0.1) is 12.1 Å². The average Bonchev–Trinajstić information content (AvgIpc) is 3.43. The van der Waals surface area contributed by atoms with Crippen molar-refractivity contribution in [3.8, 4) is 11.3 Å². The van der Waals surface area contributed by atoms with Crippen molar-refractivity contribution in [2.45, 2.75) is 39.2 Å². The smallest absolute Gasteiger partial charge is 0.250 e. The van der Waals surface area contributed by atoms with Gasteiger partial charge in [0.1, 0.15) is 0 Å². The number of nitrogens with one attached hydrogen (secondary N) is 1. The SMILES string of the molecule is Cc1[nH]c(-c2ccccc2N(Cc2cccs2)CC2CCCC2)cc1C(N)=O. The van der Waals surface area contributed by atoms with Crippen LogP contribution in [0.5, 0.6) is 0 Å². The Bertz CT molecular complexity index is 939. The Kier molecular flexibility index (Phi) is 5.53. The van der Waals surface area contributed by atoms with Gasteiger partial charge in [-0.15, -0.1) is 11.3 Å². The molecule has 3 N–H and O–H groups in total. The Morgan fingerprint density at radius 3 is 2.68 bits per heavy atom. The van der Waals surface area contributed by atoms with Crippen molar-refractivity contribution in [3.63, 3.8) is 0 Å². The number of anilines is 1. The number of H-pyrrole nitrogens is 1. The summed E-state index contributed by atoms with van der Waals surface area (Å²) in [6.45, 7) is 3.87. The van der Waals surface area contributed by atoms with Crippen LogP contribution < -0.4 is 10.6 Å². The van der Waals surface area contributed by atoms with Gasteiger partial charge in [0.25, 0.3) is 5.91 Å². The third kappa shape index (κ3) is 3.99. The van der Waals surface area contributed by atoms with Crippen molar-refractivity contribution in [2.24, 2.45) is 11.7 Å². The van der Waals surface area contributed by atoms with Gasteiger partial charge in [-0.25, -0.2) is 0 Å². The van der Waals surface area contributed by atoms with E-state index in [4.69, 9.17) is 5.73 Å². The molecule has 0 spiro atoms. The molecule has 5 heteroatoms. The third-order valence-electron chi connectivity index (χ3n) is 5.70. The molecule has 1 aliphatic rings. The number of carbonyl (C=O) groups is 1. The van der Waals surface area contributed by atoms with E-state index in [0.717, 1.165) is 36.0 Å². The van der Waals surface area contributed by atoms with Crippen LogP contribution in [0.3, 0.4) is 0 Å². The molecule has 2 heterocycles. The second-order valence-electron chi connectivity index (χ2n) is 7.71. The normalized spacial score (nSPS) is 14.5. The average molecular weight is 394 g/mol. The molecule has 0 bridgehead atoms. The number of aromatic nitrogens is 1. The molecule has 0 atom stereocenters. The predicted molar refractivity (Wildman–Crippen MR) is 117 cm³/mol. The molecular formula is C23H27N3OS. The van der Waals surface area contributed by atoms with Crippen molar-refractivity contribution in [2.75, 3.05) is 11.4 Å². The van der Waals surface area contributed by atoms with Gasteiger partial charge in [0, 0.05) is 34.1 Å². The van der Waals surface area contributed by atoms with Crippen molar-refractivity contribution in [1.82, 2.24) is 4.98 Å². The number of benzene rings is 1. The first-order valence-electron chi connectivity index (χ1n) is 9.98.